The Morgan fingerprint density at radius 2 is 1.74 bits per heavy atom. The van der Waals surface area contributed by atoms with Crippen LogP contribution in [0.1, 0.15) is 11.3 Å². The van der Waals surface area contributed by atoms with Gasteiger partial charge in [0.15, 0.2) is 16.7 Å². The van der Waals surface area contributed by atoms with Crippen LogP contribution >= 0.6 is 23.4 Å². The van der Waals surface area contributed by atoms with Crippen molar-refractivity contribution in [3.63, 3.8) is 0 Å². The molecule has 1 aliphatic rings. The monoisotopic (exact) mass is 586 g/mol. The maximum Gasteiger partial charge on any atom is 0.431 e. The number of methoxy groups -OCH3 is 2. The summed E-state index contributed by atoms with van der Waals surface area (Å²) < 4.78 is 65.4. The van der Waals surface area contributed by atoms with Gasteiger partial charge in [-0.05, 0) is 29.8 Å². The van der Waals surface area contributed by atoms with Gasteiger partial charge in [0.1, 0.15) is 11.5 Å². The average molecular weight is 587 g/mol. The minimum Gasteiger partial charge on any atom is -0.493 e. The van der Waals surface area contributed by atoms with Crippen LogP contribution in [0.4, 0.5) is 23.2 Å². The number of carbonyl (C=O) groups excluding carboxylic acids is 1. The third-order valence-electron chi connectivity index (χ3n) is 5.73. The summed E-state index contributed by atoms with van der Waals surface area (Å²) in [6.07, 6.45) is -4.98. The van der Waals surface area contributed by atoms with Crippen LogP contribution in [-0.4, -0.2) is 45.1 Å². The van der Waals surface area contributed by atoms with Gasteiger partial charge < -0.3 is 9.47 Å². The number of nitrogens with zero attached hydrogens (tertiary/aromatic N) is 4. The molecule has 0 N–H and O–H groups in total. The summed E-state index contributed by atoms with van der Waals surface area (Å²) in [6.45, 7) is 0.0929. The maximum atomic E-state index is 14.9. The van der Waals surface area contributed by atoms with Gasteiger partial charge in [-0.3, -0.25) is 19.1 Å². The molecular weight excluding hydrogens is 568 g/mol. The Morgan fingerprint density at radius 1 is 1.05 bits per heavy atom. The highest BCUT2D eigenvalue weighted by Gasteiger charge is 2.35. The zero-order chi connectivity index (χ0) is 28.6. The standard InChI is InChI=1S/C24H19ClF4N4O5S/c1-31-19(24(27,28)29)9-20(34)33(23(31)36)16-8-15(13(25)7-14(16)26)30-22-32(21(35)11-39-22)10-12-4-5-17(37-2)18(6-12)38-3/h4-9H,10-11H2,1-3H3/b30-22-. The first-order chi connectivity index (χ1) is 18.3. The lowest BCUT2D eigenvalue weighted by Gasteiger charge is -2.18. The number of hydrogen-bond donors (Lipinski definition) is 0. The van der Waals surface area contributed by atoms with Crippen molar-refractivity contribution < 1.29 is 31.8 Å². The number of carbonyl (C=O) groups is 1. The van der Waals surface area contributed by atoms with Crippen molar-refractivity contribution in [3.05, 3.63) is 79.3 Å². The van der Waals surface area contributed by atoms with Gasteiger partial charge >= 0.3 is 11.9 Å². The predicted octanol–water partition coefficient (Wildman–Crippen LogP) is 4.13. The molecule has 1 amide bonds. The topological polar surface area (TPSA) is 95.1 Å². The molecule has 9 nitrogen and oxygen atoms in total. The van der Waals surface area contributed by atoms with Crippen LogP contribution < -0.4 is 20.7 Å². The van der Waals surface area contributed by atoms with Gasteiger partial charge in [-0.1, -0.05) is 29.4 Å². The number of hydrogen-bond acceptors (Lipinski definition) is 7. The van der Waals surface area contributed by atoms with Crippen molar-refractivity contribution >= 4 is 40.1 Å². The molecule has 0 radical (unpaired) electrons. The molecule has 1 aliphatic heterocycles. The second-order valence-corrected chi connectivity index (χ2v) is 9.50. The molecule has 0 bridgehead atoms. The number of halogens is 5. The third-order valence-corrected chi connectivity index (χ3v) is 6.99. The fourth-order valence-electron chi connectivity index (χ4n) is 3.80. The van der Waals surface area contributed by atoms with Gasteiger partial charge in [-0.25, -0.2) is 18.7 Å². The molecule has 15 heteroatoms. The maximum absolute atomic E-state index is 14.9. The van der Waals surface area contributed by atoms with E-state index in [1.165, 1.54) is 19.1 Å². The highest BCUT2D eigenvalue weighted by molar-refractivity contribution is 8.15. The number of aliphatic imine (C=N–C) groups is 1. The van der Waals surface area contributed by atoms with Crippen molar-refractivity contribution in [2.24, 2.45) is 12.0 Å². The number of thioether (sulfide) groups is 1. The van der Waals surface area contributed by atoms with Crippen LogP contribution in [0.25, 0.3) is 5.69 Å². The normalized spacial score (nSPS) is 14.8. The number of amidine groups is 1. The van der Waals surface area contributed by atoms with Crippen molar-refractivity contribution in [2.45, 2.75) is 12.7 Å². The van der Waals surface area contributed by atoms with Crippen molar-refractivity contribution in [2.75, 3.05) is 20.0 Å². The highest BCUT2D eigenvalue weighted by atomic mass is 35.5. The SMILES string of the molecule is COc1ccc(CN2C(=O)CS/C2=N\c2cc(-n3c(=O)cc(C(F)(F)F)n(C)c3=O)c(F)cc2Cl)cc1OC. The summed E-state index contributed by atoms with van der Waals surface area (Å²) >= 11 is 7.25. The third kappa shape index (κ3) is 5.52. The van der Waals surface area contributed by atoms with E-state index < -0.39 is 34.6 Å². The molecule has 39 heavy (non-hydrogen) atoms. The second kappa shape index (κ2) is 10.8. The molecule has 2 heterocycles. The first kappa shape index (κ1) is 28.2. The first-order valence-corrected chi connectivity index (χ1v) is 12.3. The Labute approximate surface area is 227 Å². The molecule has 1 aromatic heterocycles. The second-order valence-electron chi connectivity index (χ2n) is 8.15. The lowest BCUT2D eigenvalue weighted by Crippen LogP contribution is -2.41. The number of rotatable bonds is 6. The van der Waals surface area contributed by atoms with Gasteiger partial charge in [-0.2, -0.15) is 13.2 Å². The van der Waals surface area contributed by atoms with Gasteiger partial charge in [0.25, 0.3) is 5.56 Å². The van der Waals surface area contributed by atoms with Gasteiger partial charge in [0.05, 0.1) is 42.9 Å². The zero-order valence-electron chi connectivity index (χ0n) is 20.5. The molecule has 0 saturated carbocycles. The first-order valence-electron chi connectivity index (χ1n) is 11.0. The summed E-state index contributed by atoms with van der Waals surface area (Å²) in [5, 5.41) is -0.0199. The lowest BCUT2D eigenvalue weighted by atomic mass is 10.2. The van der Waals surface area contributed by atoms with Crippen molar-refractivity contribution in [3.8, 4) is 17.2 Å². The molecule has 0 atom stereocenters. The predicted molar refractivity (Wildman–Crippen MR) is 137 cm³/mol. The number of alkyl halides is 3. The zero-order valence-corrected chi connectivity index (χ0v) is 22.1. The van der Waals surface area contributed by atoms with E-state index in [4.69, 9.17) is 21.1 Å². The number of ether oxygens (including phenoxy) is 2. The summed E-state index contributed by atoms with van der Waals surface area (Å²) in [5.41, 5.74) is -4.40. The summed E-state index contributed by atoms with van der Waals surface area (Å²) in [4.78, 5) is 43.5. The summed E-state index contributed by atoms with van der Waals surface area (Å²) in [6, 6.07) is 7.01. The quantitative estimate of drug-likeness (QED) is 0.403. The molecule has 206 valence electrons. The number of amides is 1. The fraction of sp³-hybridized carbons (Fsp3) is 0.250. The Morgan fingerprint density at radius 3 is 2.38 bits per heavy atom. The molecule has 1 saturated heterocycles. The van der Waals surface area contributed by atoms with E-state index in [9.17, 15) is 31.9 Å². The minimum atomic E-state index is -4.98. The summed E-state index contributed by atoms with van der Waals surface area (Å²) in [7, 11) is 3.76. The Kier molecular flexibility index (Phi) is 7.80. The highest BCUT2D eigenvalue weighted by Crippen LogP contribution is 2.34. The molecule has 2 aromatic carbocycles. The Balaban J connectivity index is 1.77. The van der Waals surface area contributed by atoms with E-state index in [1.54, 1.807) is 18.2 Å². The van der Waals surface area contributed by atoms with E-state index >= 15 is 0 Å². The van der Waals surface area contributed by atoms with Gasteiger partial charge in [-0.15, -0.1) is 0 Å². The van der Waals surface area contributed by atoms with Gasteiger partial charge in [0.2, 0.25) is 5.91 Å². The minimum absolute atomic E-state index is 0.0523. The molecular formula is C24H19ClF4N4O5S. The van der Waals surface area contributed by atoms with E-state index in [0.717, 1.165) is 30.9 Å². The van der Waals surface area contributed by atoms with Crippen LogP contribution in [-0.2, 0) is 24.6 Å². The van der Waals surface area contributed by atoms with Crippen LogP contribution in [0.2, 0.25) is 5.02 Å². The van der Waals surface area contributed by atoms with Crippen molar-refractivity contribution in [1.82, 2.24) is 14.0 Å². The van der Waals surface area contributed by atoms with Crippen molar-refractivity contribution in [1.29, 1.82) is 0 Å². The lowest BCUT2D eigenvalue weighted by molar-refractivity contribution is -0.144. The van der Waals surface area contributed by atoms with E-state index in [0.29, 0.717) is 17.1 Å². The van der Waals surface area contributed by atoms with Crippen LogP contribution in [0.15, 0.2) is 51.0 Å². The van der Waals surface area contributed by atoms with Crippen LogP contribution in [0, 0.1) is 5.82 Å². The molecule has 0 aliphatic carbocycles. The van der Waals surface area contributed by atoms with Crippen LogP contribution in [0.3, 0.4) is 0 Å². The Bertz CT molecular complexity index is 1620. The molecule has 1 fully saturated rings. The van der Waals surface area contributed by atoms with Crippen LogP contribution in [0.5, 0.6) is 11.5 Å². The smallest absolute Gasteiger partial charge is 0.431 e. The molecule has 3 aromatic rings. The number of benzene rings is 2. The number of aromatic nitrogens is 2. The van der Waals surface area contributed by atoms with E-state index in [1.807, 2.05) is 0 Å². The molecule has 0 spiro atoms. The molecule has 4 rings (SSSR count). The molecule has 0 unspecified atom stereocenters. The fourth-order valence-corrected chi connectivity index (χ4v) is 4.89. The average Bonchev–Trinajstić information content (AvgIpc) is 3.21. The van der Waals surface area contributed by atoms with E-state index in [2.05, 4.69) is 4.99 Å². The van der Waals surface area contributed by atoms with Gasteiger partial charge in [0, 0.05) is 13.1 Å². The largest absolute Gasteiger partial charge is 0.493 e. The van der Waals surface area contributed by atoms with E-state index in [-0.39, 0.29) is 49.3 Å². The Hall–Kier alpha value is -3.78. The summed E-state index contributed by atoms with van der Waals surface area (Å²) in [5.74, 6) is -0.424.